The van der Waals surface area contributed by atoms with Crippen molar-refractivity contribution in [3.63, 3.8) is 0 Å². The maximum absolute atomic E-state index is 5.78. The van der Waals surface area contributed by atoms with Gasteiger partial charge in [0, 0.05) is 4.47 Å². The Balaban J connectivity index is 2.46. The number of nitrogens with two attached hydrogens (primary N) is 1. The zero-order chi connectivity index (χ0) is 13.8. The summed E-state index contributed by atoms with van der Waals surface area (Å²) in [6, 6.07) is 14.9. The molecule has 0 aromatic heterocycles. The molecule has 1 atom stereocenters. The van der Waals surface area contributed by atoms with E-state index in [9.17, 15) is 0 Å². The number of benzene rings is 2. The lowest BCUT2D eigenvalue weighted by molar-refractivity contribution is 0.633. The molecule has 2 aromatic carbocycles. The summed E-state index contributed by atoms with van der Waals surface area (Å²) in [5.74, 6) is 5.78. The van der Waals surface area contributed by atoms with Crippen LogP contribution in [0.5, 0.6) is 0 Å². The van der Waals surface area contributed by atoms with Crippen LogP contribution in [0.4, 0.5) is 0 Å². The Hall–Kier alpha value is -1.16. The molecule has 0 bridgehead atoms. The van der Waals surface area contributed by atoms with Crippen LogP contribution < -0.4 is 11.3 Å². The summed E-state index contributed by atoms with van der Waals surface area (Å²) in [5.41, 5.74) is 7.82. The Labute approximate surface area is 123 Å². The fourth-order valence-electron chi connectivity index (χ4n) is 2.24. The summed E-state index contributed by atoms with van der Waals surface area (Å²) in [5, 5.41) is 0. The highest BCUT2D eigenvalue weighted by atomic mass is 79.9. The molecule has 0 aliphatic carbocycles. The average molecular weight is 319 g/mol. The van der Waals surface area contributed by atoms with Crippen LogP contribution in [0.3, 0.4) is 0 Å². The smallest absolute Gasteiger partial charge is 0.0721 e. The van der Waals surface area contributed by atoms with E-state index in [1.54, 1.807) is 0 Å². The maximum atomic E-state index is 5.78. The Morgan fingerprint density at radius 1 is 1.21 bits per heavy atom. The number of hydrogen-bond acceptors (Lipinski definition) is 2. The van der Waals surface area contributed by atoms with Gasteiger partial charge in [-0.15, -0.1) is 0 Å². The predicted molar refractivity (Wildman–Crippen MR) is 83.9 cm³/mol. The highest BCUT2D eigenvalue weighted by molar-refractivity contribution is 9.10. The number of halogens is 1. The standard InChI is InChI=1S/C16H19BrN2/c1-3-12-5-4-6-13(10-12)16(19-18)14-9-11(2)7-8-15(14)17/h4-10,16,19H,3,18H2,1-2H3. The number of hydrogen-bond donors (Lipinski definition) is 2. The van der Waals surface area contributed by atoms with E-state index in [1.165, 1.54) is 16.7 Å². The topological polar surface area (TPSA) is 38.0 Å². The van der Waals surface area contributed by atoms with Crippen molar-refractivity contribution < 1.29 is 0 Å². The van der Waals surface area contributed by atoms with Gasteiger partial charge in [-0.1, -0.05) is 64.8 Å². The Kier molecular flexibility index (Phi) is 4.75. The first-order chi connectivity index (χ1) is 9.15. The molecule has 2 rings (SSSR count). The first kappa shape index (κ1) is 14.3. The lowest BCUT2D eigenvalue weighted by Crippen LogP contribution is -2.29. The van der Waals surface area contributed by atoms with Crippen LogP contribution in [0, 0.1) is 6.92 Å². The highest BCUT2D eigenvalue weighted by Gasteiger charge is 2.15. The third-order valence-corrected chi connectivity index (χ3v) is 4.04. The molecule has 1 unspecified atom stereocenters. The van der Waals surface area contributed by atoms with Gasteiger partial charge in [-0.3, -0.25) is 5.84 Å². The molecule has 2 aromatic rings. The Bertz CT molecular complexity index is 566. The van der Waals surface area contributed by atoms with Crippen LogP contribution in [-0.4, -0.2) is 0 Å². The van der Waals surface area contributed by atoms with Crippen molar-refractivity contribution in [2.75, 3.05) is 0 Å². The number of aryl methyl sites for hydroxylation is 2. The Morgan fingerprint density at radius 3 is 2.68 bits per heavy atom. The van der Waals surface area contributed by atoms with Gasteiger partial charge in [-0.2, -0.15) is 0 Å². The van der Waals surface area contributed by atoms with E-state index in [4.69, 9.17) is 5.84 Å². The third kappa shape index (κ3) is 3.24. The van der Waals surface area contributed by atoms with Crippen LogP contribution in [0.15, 0.2) is 46.9 Å². The molecule has 0 radical (unpaired) electrons. The monoisotopic (exact) mass is 318 g/mol. The lowest BCUT2D eigenvalue weighted by atomic mass is 9.96. The minimum atomic E-state index is 0.000718. The van der Waals surface area contributed by atoms with E-state index < -0.39 is 0 Å². The molecule has 0 aliphatic rings. The van der Waals surface area contributed by atoms with Gasteiger partial charge in [0.05, 0.1) is 6.04 Å². The van der Waals surface area contributed by atoms with Gasteiger partial charge in [-0.05, 0) is 36.1 Å². The maximum Gasteiger partial charge on any atom is 0.0721 e. The van der Waals surface area contributed by atoms with E-state index in [1.807, 2.05) is 0 Å². The summed E-state index contributed by atoms with van der Waals surface area (Å²) in [7, 11) is 0. The second-order valence-corrected chi connectivity index (χ2v) is 5.58. The van der Waals surface area contributed by atoms with Gasteiger partial charge in [0.25, 0.3) is 0 Å². The van der Waals surface area contributed by atoms with Crippen molar-refractivity contribution >= 4 is 15.9 Å². The van der Waals surface area contributed by atoms with Gasteiger partial charge >= 0.3 is 0 Å². The first-order valence-electron chi connectivity index (χ1n) is 6.46. The summed E-state index contributed by atoms with van der Waals surface area (Å²) in [6.07, 6.45) is 1.03. The fraction of sp³-hybridized carbons (Fsp3) is 0.250. The summed E-state index contributed by atoms with van der Waals surface area (Å²) >= 11 is 3.61. The van der Waals surface area contributed by atoms with Gasteiger partial charge in [0.1, 0.15) is 0 Å². The molecule has 0 heterocycles. The van der Waals surface area contributed by atoms with E-state index in [0.717, 1.165) is 16.5 Å². The van der Waals surface area contributed by atoms with Crippen LogP contribution in [0.25, 0.3) is 0 Å². The third-order valence-electron chi connectivity index (χ3n) is 3.32. The number of hydrazine groups is 1. The molecule has 0 fully saturated rings. The van der Waals surface area contributed by atoms with Crippen molar-refractivity contribution in [1.29, 1.82) is 0 Å². The van der Waals surface area contributed by atoms with Crippen molar-refractivity contribution in [1.82, 2.24) is 5.43 Å². The molecule has 0 aliphatic heterocycles. The summed E-state index contributed by atoms with van der Waals surface area (Å²) < 4.78 is 1.07. The molecule has 0 spiro atoms. The molecule has 2 nitrogen and oxygen atoms in total. The van der Waals surface area contributed by atoms with E-state index in [2.05, 4.69) is 77.7 Å². The molecule has 100 valence electrons. The number of rotatable bonds is 4. The van der Waals surface area contributed by atoms with Gasteiger partial charge in [0.2, 0.25) is 0 Å². The zero-order valence-electron chi connectivity index (χ0n) is 11.3. The fourth-order valence-corrected chi connectivity index (χ4v) is 2.72. The van der Waals surface area contributed by atoms with Crippen molar-refractivity contribution in [3.8, 4) is 0 Å². The SMILES string of the molecule is CCc1cccc(C(NN)c2cc(C)ccc2Br)c1. The van der Waals surface area contributed by atoms with Crippen LogP contribution in [0.2, 0.25) is 0 Å². The molecular formula is C16H19BrN2. The van der Waals surface area contributed by atoms with Crippen molar-refractivity contribution in [2.24, 2.45) is 5.84 Å². The molecule has 0 saturated heterocycles. The van der Waals surface area contributed by atoms with Crippen LogP contribution in [0.1, 0.15) is 35.2 Å². The summed E-state index contributed by atoms with van der Waals surface area (Å²) in [6.45, 7) is 4.25. The molecular weight excluding hydrogens is 300 g/mol. The average Bonchev–Trinajstić information content (AvgIpc) is 2.44. The second-order valence-electron chi connectivity index (χ2n) is 4.72. The zero-order valence-corrected chi connectivity index (χ0v) is 12.9. The van der Waals surface area contributed by atoms with E-state index in [0.29, 0.717) is 0 Å². The lowest BCUT2D eigenvalue weighted by Gasteiger charge is -2.19. The van der Waals surface area contributed by atoms with E-state index >= 15 is 0 Å². The number of nitrogens with one attached hydrogen (secondary N) is 1. The predicted octanol–water partition coefficient (Wildman–Crippen LogP) is 3.87. The molecule has 19 heavy (non-hydrogen) atoms. The van der Waals surface area contributed by atoms with Crippen molar-refractivity contribution in [2.45, 2.75) is 26.3 Å². The van der Waals surface area contributed by atoms with E-state index in [-0.39, 0.29) is 6.04 Å². The molecule has 0 saturated carbocycles. The highest BCUT2D eigenvalue weighted by Crippen LogP contribution is 2.29. The van der Waals surface area contributed by atoms with Gasteiger partial charge < -0.3 is 0 Å². The van der Waals surface area contributed by atoms with Crippen LogP contribution in [-0.2, 0) is 6.42 Å². The van der Waals surface area contributed by atoms with Gasteiger partial charge in [0.15, 0.2) is 0 Å². The summed E-state index contributed by atoms with van der Waals surface area (Å²) in [4.78, 5) is 0. The first-order valence-corrected chi connectivity index (χ1v) is 7.26. The Morgan fingerprint density at radius 2 is 2.00 bits per heavy atom. The molecule has 3 heteroatoms. The second kappa shape index (κ2) is 6.33. The van der Waals surface area contributed by atoms with Gasteiger partial charge in [-0.25, -0.2) is 5.43 Å². The molecule has 0 amide bonds. The largest absolute Gasteiger partial charge is 0.271 e. The van der Waals surface area contributed by atoms with Crippen molar-refractivity contribution in [3.05, 3.63) is 69.2 Å². The quantitative estimate of drug-likeness (QED) is 0.663. The minimum Gasteiger partial charge on any atom is -0.271 e. The normalized spacial score (nSPS) is 12.4. The minimum absolute atomic E-state index is 0.000718. The van der Waals surface area contributed by atoms with Crippen LogP contribution >= 0.6 is 15.9 Å². The molecule has 3 N–H and O–H groups in total.